The van der Waals surface area contributed by atoms with Gasteiger partial charge in [0.05, 0.1) is 12.2 Å². The first kappa shape index (κ1) is 12.2. The predicted molar refractivity (Wildman–Crippen MR) is 71.2 cm³/mol. The van der Waals surface area contributed by atoms with Crippen LogP contribution in [0.3, 0.4) is 0 Å². The zero-order valence-electron chi connectivity index (χ0n) is 10.2. The van der Waals surface area contributed by atoms with Crippen LogP contribution in [0.15, 0.2) is 29.9 Å². The van der Waals surface area contributed by atoms with Crippen molar-refractivity contribution in [2.45, 2.75) is 26.3 Å². The zero-order valence-corrected chi connectivity index (χ0v) is 11.0. The van der Waals surface area contributed by atoms with Crippen LogP contribution in [-0.4, -0.2) is 16.7 Å². The highest BCUT2D eigenvalue weighted by molar-refractivity contribution is 7.10. The number of hydrogen-bond acceptors (Lipinski definition) is 4. The highest BCUT2D eigenvalue weighted by Crippen LogP contribution is 2.27. The van der Waals surface area contributed by atoms with Crippen LogP contribution in [0.5, 0.6) is 0 Å². The van der Waals surface area contributed by atoms with Crippen molar-refractivity contribution < 1.29 is 0 Å². The van der Waals surface area contributed by atoms with Crippen molar-refractivity contribution in [3.8, 4) is 0 Å². The summed E-state index contributed by atoms with van der Waals surface area (Å²) in [6.45, 7) is 5.34. The number of aryl methyl sites for hydroxylation is 1. The Bertz CT molecular complexity index is 453. The normalized spacial score (nSPS) is 12.6. The molecule has 1 unspecified atom stereocenters. The lowest BCUT2D eigenvalue weighted by molar-refractivity contribution is 0.595. The Morgan fingerprint density at radius 3 is 2.82 bits per heavy atom. The number of thiophene rings is 1. The number of rotatable bonds is 5. The number of aromatic nitrogens is 2. The van der Waals surface area contributed by atoms with Crippen molar-refractivity contribution in [1.82, 2.24) is 15.5 Å². The number of hydrogen-bond donors (Lipinski definition) is 1. The van der Waals surface area contributed by atoms with Gasteiger partial charge in [-0.15, -0.1) is 11.3 Å². The first-order valence-corrected chi connectivity index (χ1v) is 6.75. The third kappa shape index (κ3) is 2.90. The molecule has 0 bridgehead atoms. The largest absolute Gasteiger partial charge is 0.306 e. The summed E-state index contributed by atoms with van der Waals surface area (Å²) in [4.78, 5) is 1.36. The molecule has 0 spiro atoms. The van der Waals surface area contributed by atoms with Gasteiger partial charge in [0.15, 0.2) is 0 Å². The van der Waals surface area contributed by atoms with Crippen LogP contribution in [0.2, 0.25) is 0 Å². The molecule has 0 fully saturated rings. The zero-order chi connectivity index (χ0) is 12.1. The van der Waals surface area contributed by atoms with Gasteiger partial charge in [0.2, 0.25) is 0 Å². The molecule has 2 aromatic rings. The summed E-state index contributed by atoms with van der Waals surface area (Å²) in [7, 11) is 0. The Hall–Kier alpha value is -1.26. The fourth-order valence-electron chi connectivity index (χ4n) is 1.86. The smallest absolute Gasteiger partial charge is 0.0604 e. The third-order valence-electron chi connectivity index (χ3n) is 2.75. The molecule has 0 aromatic carbocycles. The van der Waals surface area contributed by atoms with Crippen molar-refractivity contribution in [3.63, 3.8) is 0 Å². The Balaban J connectivity index is 2.29. The number of nitrogens with one attached hydrogen (secondary N) is 1. The van der Waals surface area contributed by atoms with Crippen molar-refractivity contribution in [1.29, 1.82) is 0 Å². The summed E-state index contributed by atoms with van der Waals surface area (Å²) in [6, 6.07) is 4.45. The number of nitrogens with zero attached hydrogens (tertiary/aromatic N) is 2. The minimum Gasteiger partial charge on any atom is -0.306 e. The molecule has 17 heavy (non-hydrogen) atoms. The van der Waals surface area contributed by atoms with Gasteiger partial charge in [-0.3, -0.25) is 0 Å². The highest BCUT2D eigenvalue weighted by Gasteiger charge is 2.16. The van der Waals surface area contributed by atoms with Crippen LogP contribution in [0, 0.1) is 6.92 Å². The molecule has 1 N–H and O–H groups in total. The molecule has 1 atom stereocenters. The average Bonchev–Trinajstić information content (AvgIpc) is 2.78. The lowest BCUT2D eigenvalue weighted by Crippen LogP contribution is -2.23. The van der Waals surface area contributed by atoms with E-state index in [0.717, 1.165) is 13.0 Å². The van der Waals surface area contributed by atoms with Crippen molar-refractivity contribution >= 4 is 11.3 Å². The quantitative estimate of drug-likeness (QED) is 0.882. The standard InChI is InChI=1S/C13H17N3S/c1-3-6-14-13(11-4-7-15-16-9-11)12-5-8-17-10(12)2/h4-5,7-9,13-14H,3,6H2,1-2H3. The molecule has 2 rings (SSSR count). The Labute approximate surface area is 106 Å². The fraction of sp³-hybridized carbons (Fsp3) is 0.385. The summed E-state index contributed by atoms with van der Waals surface area (Å²) in [6.07, 6.45) is 4.71. The molecule has 0 saturated heterocycles. The molecular formula is C13H17N3S. The van der Waals surface area contributed by atoms with Crippen LogP contribution in [0.1, 0.15) is 35.4 Å². The Morgan fingerprint density at radius 2 is 2.24 bits per heavy atom. The molecule has 0 saturated carbocycles. The van der Waals surface area contributed by atoms with Crippen LogP contribution in [-0.2, 0) is 0 Å². The van der Waals surface area contributed by atoms with E-state index >= 15 is 0 Å². The molecule has 90 valence electrons. The second-order valence-electron chi connectivity index (χ2n) is 4.00. The summed E-state index contributed by atoms with van der Waals surface area (Å²) < 4.78 is 0. The SMILES string of the molecule is CCCNC(c1ccnnc1)c1ccsc1C. The van der Waals surface area contributed by atoms with Crippen LogP contribution >= 0.6 is 11.3 Å². The molecule has 3 nitrogen and oxygen atoms in total. The van der Waals surface area contributed by atoms with Crippen molar-refractivity contribution in [3.05, 3.63) is 45.9 Å². The van der Waals surface area contributed by atoms with Gasteiger partial charge in [0, 0.05) is 11.1 Å². The van der Waals surface area contributed by atoms with E-state index in [4.69, 9.17) is 0 Å². The molecule has 4 heteroatoms. The summed E-state index contributed by atoms with van der Waals surface area (Å²) in [5.41, 5.74) is 2.52. The maximum atomic E-state index is 3.97. The van der Waals surface area contributed by atoms with E-state index in [1.54, 1.807) is 17.5 Å². The van der Waals surface area contributed by atoms with Gasteiger partial charge in [-0.2, -0.15) is 10.2 Å². The Kier molecular flexibility index (Phi) is 4.23. The van der Waals surface area contributed by atoms with Gasteiger partial charge < -0.3 is 5.32 Å². The molecule has 2 heterocycles. The fourth-order valence-corrected chi connectivity index (χ4v) is 2.60. The van der Waals surface area contributed by atoms with Gasteiger partial charge in [-0.05, 0) is 48.5 Å². The van der Waals surface area contributed by atoms with Gasteiger partial charge in [-0.1, -0.05) is 6.92 Å². The van der Waals surface area contributed by atoms with E-state index < -0.39 is 0 Å². The lowest BCUT2D eigenvalue weighted by Gasteiger charge is -2.18. The molecule has 0 radical (unpaired) electrons. The van der Waals surface area contributed by atoms with Gasteiger partial charge in [0.1, 0.15) is 0 Å². The second-order valence-corrected chi connectivity index (χ2v) is 5.12. The molecule has 0 aliphatic rings. The monoisotopic (exact) mass is 247 g/mol. The van der Waals surface area contributed by atoms with Gasteiger partial charge in [-0.25, -0.2) is 0 Å². The van der Waals surface area contributed by atoms with Crippen LogP contribution in [0.4, 0.5) is 0 Å². The highest BCUT2D eigenvalue weighted by atomic mass is 32.1. The summed E-state index contributed by atoms with van der Waals surface area (Å²) >= 11 is 1.78. The Morgan fingerprint density at radius 1 is 1.35 bits per heavy atom. The lowest BCUT2D eigenvalue weighted by atomic mass is 10.0. The van der Waals surface area contributed by atoms with Gasteiger partial charge in [0.25, 0.3) is 0 Å². The van der Waals surface area contributed by atoms with Crippen molar-refractivity contribution in [2.24, 2.45) is 0 Å². The van der Waals surface area contributed by atoms with Crippen LogP contribution in [0.25, 0.3) is 0 Å². The minimum atomic E-state index is 0.233. The van der Waals surface area contributed by atoms with E-state index in [9.17, 15) is 0 Å². The molecule has 0 amide bonds. The molecule has 0 aliphatic carbocycles. The van der Waals surface area contributed by atoms with E-state index in [-0.39, 0.29) is 6.04 Å². The summed E-state index contributed by atoms with van der Waals surface area (Å²) in [5.74, 6) is 0. The predicted octanol–water partition coefficient (Wildman–Crippen LogP) is 2.94. The minimum absolute atomic E-state index is 0.233. The third-order valence-corrected chi connectivity index (χ3v) is 3.61. The first-order chi connectivity index (χ1) is 8.33. The maximum Gasteiger partial charge on any atom is 0.0604 e. The van der Waals surface area contributed by atoms with E-state index in [0.29, 0.717) is 0 Å². The van der Waals surface area contributed by atoms with Crippen LogP contribution < -0.4 is 5.32 Å². The molecular weight excluding hydrogens is 230 g/mol. The second kappa shape index (κ2) is 5.89. The maximum absolute atomic E-state index is 3.97. The topological polar surface area (TPSA) is 37.8 Å². The van der Waals surface area contributed by atoms with Gasteiger partial charge >= 0.3 is 0 Å². The summed E-state index contributed by atoms with van der Waals surface area (Å²) in [5, 5.41) is 13.5. The molecule has 2 aromatic heterocycles. The van der Waals surface area contributed by atoms with E-state index in [1.165, 1.54) is 16.0 Å². The van der Waals surface area contributed by atoms with E-state index in [2.05, 4.69) is 40.8 Å². The first-order valence-electron chi connectivity index (χ1n) is 5.87. The van der Waals surface area contributed by atoms with E-state index in [1.807, 2.05) is 12.3 Å². The average molecular weight is 247 g/mol. The molecule has 0 aliphatic heterocycles. The van der Waals surface area contributed by atoms with Crippen molar-refractivity contribution in [2.75, 3.05) is 6.54 Å².